The van der Waals surface area contributed by atoms with Gasteiger partial charge in [0.1, 0.15) is 10.7 Å². The predicted molar refractivity (Wildman–Crippen MR) is 121 cm³/mol. The lowest BCUT2D eigenvalue weighted by molar-refractivity contribution is -0.138. The van der Waals surface area contributed by atoms with E-state index in [1.165, 1.54) is 43.4 Å². The van der Waals surface area contributed by atoms with Crippen molar-refractivity contribution in [1.82, 2.24) is 9.88 Å². The topological polar surface area (TPSA) is 50.3 Å². The number of carbonyl (C=O) groups is 2. The smallest absolute Gasteiger partial charge is 0.226 e. The SMILES string of the molecule is CCc1cccc(C(=O)c2csc([C@@H]3CCCN3C(=O)[C@@H](C)C3CCCCC3)n2)c1. The molecule has 30 heavy (non-hydrogen) atoms. The van der Waals surface area contributed by atoms with E-state index in [1.54, 1.807) is 0 Å². The zero-order chi connectivity index (χ0) is 21.1. The van der Waals surface area contributed by atoms with E-state index in [-0.39, 0.29) is 23.7 Å². The van der Waals surface area contributed by atoms with E-state index in [1.807, 2.05) is 34.5 Å². The number of nitrogens with zero attached hydrogens (tertiary/aromatic N) is 2. The van der Waals surface area contributed by atoms with Gasteiger partial charge in [-0.05, 0) is 49.7 Å². The number of likely N-dealkylation sites (tertiary alicyclic amines) is 1. The lowest BCUT2D eigenvalue weighted by atomic mass is 9.80. The van der Waals surface area contributed by atoms with Gasteiger partial charge in [0, 0.05) is 23.4 Å². The molecule has 2 heterocycles. The molecule has 1 saturated heterocycles. The van der Waals surface area contributed by atoms with Gasteiger partial charge in [-0.25, -0.2) is 4.98 Å². The second-order valence-corrected chi connectivity index (χ2v) is 9.72. The third-order valence-electron chi connectivity index (χ3n) is 6.92. The first kappa shape index (κ1) is 21.2. The summed E-state index contributed by atoms with van der Waals surface area (Å²) in [5, 5.41) is 2.77. The molecule has 2 aromatic rings. The van der Waals surface area contributed by atoms with Crippen molar-refractivity contribution in [3.05, 3.63) is 51.5 Å². The van der Waals surface area contributed by atoms with Gasteiger partial charge in [0.2, 0.25) is 11.7 Å². The number of amides is 1. The average Bonchev–Trinajstić information content (AvgIpc) is 3.48. The highest BCUT2D eigenvalue weighted by Crippen LogP contribution is 2.38. The van der Waals surface area contributed by atoms with Crippen LogP contribution in [-0.2, 0) is 11.2 Å². The largest absolute Gasteiger partial charge is 0.333 e. The molecule has 2 atom stereocenters. The van der Waals surface area contributed by atoms with E-state index in [2.05, 4.69) is 13.8 Å². The van der Waals surface area contributed by atoms with Gasteiger partial charge < -0.3 is 4.90 Å². The van der Waals surface area contributed by atoms with Gasteiger partial charge in [0.25, 0.3) is 0 Å². The Morgan fingerprint density at radius 3 is 2.73 bits per heavy atom. The van der Waals surface area contributed by atoms with Crippen molar-refractivity contribution in [1.29, 1.82) is 0 Å². The number of aryl methyl sites for hydroxylation is 1. The molecular formula is C25H32N2O2S. The van der Waals surface area contributed by atoms with Crippen LogP contribution < -0.4 is 0 Å². The fourth-order valence-corrected chi connectivity index (χ4v) is 5.96. The molecule has 1 aliphatic heterocycles. The number of carbonyl (C=O) groups excluding carboxylic acids is 2. The quantitative estimate of drug-likeness (QED) is 0.549. The molecule has 1 amide bonds. The Balaban J connectivity index is 1.49. The van der Waals surface area contributed by atoms with Gasteiger partial charge >= 0.3 is 0 Å². The molecule has 1 aliphatic carbocycles. The van der Waals surface area contributed by atoms with Crippen LogP contribution in [0.3, 0.4) is 0 Å². The summed E-state index contributed by atoms with van der Waals surface area (Å²) < 4.78 is 0. The number of hydrogen-bond donors (Lipinski definition) is 0. The van der Waals surface area contributed by atoms with Crippen molar-refractivity contribution in [3.8, 4) is 0 Å². The minimum atomic E-state index is -0.0285. The Labute approximate surface area is 183 Å². The average molecular weight is 425 g/mol. The standard InChI is InChI=1S/C25H32N2O2S/c1-3-18-9-7-12-20(15-18)23(28)21-16-30-24(26-21)22-13-8-14-27(22)25(29)17(2)19-10-5-4-6-11-19/h7,9,12,15-17,19,22H,3-6,8,10-11,13-14H2,1-2H3/t17-,22-/m0/s1. The summed E-state index contributed by atoms with van der Waals surface area (Å²) in [6.07, 6.45) is 9.02. The molecule has 0 bridgehead atoms. The lowest BCUT2D eigenvalue weighted by Gasteiger charge is -2.32. The molecule has 5 heteroatoms. The summed E-state index contributed by atoms with van der Waals surface area (Å²) in [7, 11) is 0. The molecule has 1 saturated carbocycles. The number of thiazole rings is 1. The maximum Gasteiger partial charge on any atom is 0.226 e. The maximum absolute atomic E-state index is 13.3. The van der Waals surface area contributed by atoms with Gasteiger partial charge in [-0.15, -0.1) is 11.3 Å². The molecule has 1 aromatic carbocycles. The van der Waals surface area contributed by atoms with Crippen LogP contribution >= 0.6 is 11.3 Å². The normalized spacial score (nSPS) is 21.0. The van der Waals surface area contributed by atoms with Crippen molar-refractivity contribution in [2.24, 2.45) is 11.8 Å². The van der Waals surface area contributed by atoms with Crippen LogP contribution in [0.25, 0.3) is 0 Å². The van der Waals surface area contributed by atoms with Gasteiger partial charge in [0.05, 0.1) is 6.04 Å². The Hall–Kier alpha value is -2.01. The first-order valence-electron chi connectivity index (χ1n) is 11.5. The van der Waals surface area contributed by atoms with Crippen LogP contribution in [-0.4, -0.2) is 28.1 Å². The van der Waals surface area contributed by atoms with Crippen molar-refractivity contribution >= 4 is 23.0 Å². The zero-order valence-electron chi connectivity index (χ0n) is 18.1. The van der Waals surface area contributed by atoms with E-state index in [4.69, 9.17) is 4.98 Å². The number of benzene rings is 1. The Kier molecular flexibility index (Phi) is 6.67. The Bertz CT molecular complexity index is 900. The molecular weight excluding hydrogens is 392 g/mol. The lowest BCUT2D eigenvalue weighted by Crippen LogP contribution is -2.38. The molecule has 2 aliphatic rings. The molecule has 0 radical (unpaired) electrons. The zero-order valence-corrected chi connectivity index (χ0v) is 18.9. The molecule has 1 aromatic heterocycles. The number of hydrogen-bond acceptors (Lipinski definition) is 4. The summed E-state index contributed by atoms with van der Waals surface area (Å²) in [5.74, 6) is 0.859. The highest BCUT2D eigenvalue weighted by atomic mass is 32.1. The van der Waals surface area contributed by atoms with E-state index in [0.717, 1.165) is 36.4 Å². The molecule has 4 nitrogen and oxygen atoms in total. The van der Waals surface area contributed by atoms with Gasteiger partial charge in [-0.1, -0.05) is 51.3 Å². The van der Waals surface area contributed by atoms with Gasteiger partial charge in [-0.3, -0.25) is 9.59 Å². The minimum absolute atomic E-state index is 0.0251. The van der Waals surface area contributed by atoms with E-state index in [0.29, 0.717) is 17.2 Å². The molecule has 2 fully saturated rings. The summed E-state index contributed by atoms with van der Waals surface area (Å²) >= 11 is 1.52. The van der Waals surface area contributed by atoms with Crippen molar-refractivity contribution in [3.63, 3.8) is 0 Å². The van der Waals surface area contributed by atoms with Crippen LogP contribution in [0.5, 0.6) is 0 Å². The van der Waals surface area contributed by atoms with E-state index in [9.17, 15) is 9.59 Å². The highest BCUT2D eigenvalue weighted by molar-refractivity contribution is 7.10. The fraction of sp³-hybridized carbons (Fsp3) is 0.560. The molecule has 4 rings (SSSR count). The fourth-order valence-electron chi connectivity index (χ4n) is 5.01. The highest BCUT2D eigenvalue weighted by Gasteiger charge is 2.37. The molecule has 0 N–H and O–H groups in total. The maximum atomic E-state index is 13.3. The Morgan fingerprint density at radius 2 is 1.97 bits per heavy atom. The molecule has 0 spiro atoms. The minimum Gasteiger partial charge on any atom is -0.333 e. The first-order chi connectivity index (χ1) is 14.6. The second kappa shape index (κ2) is 9.42. The molecule has 0 unspecified atom stereocenters. The first-order valence-corrected chi connectivity index (χ1v) is 12.4. The second-order valence-electron chi connectivity index (χ2n) is 8.83. The van der Waals surface area contributed by atoms with Crippen molar-refractivity contribution < 1.29 is 9.59 Å². The number of aromatic nitrogens is 1. The summed E-state index contributed by atoms with van der Waals surface area (Å²) in [6.45, 7) is 5.01. The summed E-state index contributed by atoms with van der Waals surface area (Å²) in [6, 6.07) is 7.82. The summed E-state index contributed by atoms with van der Waals surface area (Å²) in [5.41, 5.74) is 2.35. The van der Waals surface area contributed by atoms with E-state index >= 15 is 0 Å². The van der Waals surface area contributed by atoms with Crippen molar-refractivity contribution in [2.45, 2.75) is 71.3 Å². The van der Waals surface area contributed by atoms with E-state index < -0.39 is 0 Å². The van der Waals surface area contributed by atoms with Crippen LogP contribution in [0.2, 0.25) is 0 Å². The third kappa shape index (κ3) is 4.36. The third-order valence-corrected chi connectivity index (χ3v) is 7.87. The van der Waals surface area contributed by atoms with Gasteiger partial charge in [-0.2, -0.15) is 0 Å². The summed E-state index contributed by atoms with van der Waals surface area (Å²) in [4.78, 5) is 33.0. The number of rotatable bonds is 6. The van der Waals surface area contributed by atoms with Crippen molar-refractivity contribution in [2.75, 3.05) is 6.54 Å². The Morgan fingerprint density at radius 1 is 1.17 bits per heavy atom. The monoisotopic (exact) mass is 424 g/mol. The van der Waals surface area contributed by atoms with Gasteiger partial charge in [0.15, 0.2) is 0 Å². The van der Waals surface area contributed by atoms with Crippen LogP contribution in [0.4, 0.5) is 0 Å². The number of ketones is 1. The van der Waals surface area contributed by atoms with Crippen LogP contribution in [0.1, 0.15) is 91.5 Å². The molecule has 160 valence electrons. The van der Waals surface area contributed by atoms with Crippen LogP contribution in [0.15, 0.2) is 29.6 Å². The predicted octanol–water partition coefficient (Wildman–Crippen LogP) is 5.82. The van der Waals surface area contributed by atoms with Crippen LogP contribution in [0, 0.1) is 11.8 Å².